The van der Waals surface area contributed by atoms with Crippen LogP contribution in [0, 0.1) is 6.92 Å². The van der Waals surface area contributed by atoms with Gasteiger partial charge in [0, 0.05) is 71.1 Å². The summed E-state index contributed by atoms with van der Waals surface area (Å²) in [4.78, 5) is 7.95. The van der Waals surface area contributed by atoms with Crippen molar-refractivity contribution >= 4 is 100 Å². The number of para-hydroxylation sites is 1. The van der Waals surface area contributed by atoms with Crippen molar-refractivity contribution < 1.29 is 0 Å². The molecule has 12 rings (SSSR count). The van der Waals surface area contributed by atoms with Crippen LogP contribution in [0.25, 0.3) is 20.2 Å². The lowest BCUT2D eigenvalue weighted by atomic mass is 9.33. The van der Waals surface area contributed by atoms with E-state index in [2.05, 4.69) is 217 Å². The van der Waals surface area contributed by atoms with Gasteiger partial charge < -0.3 is 14.7 Å². The highest BCUT2D eigenvalue weighted by atomic mass is 32.1. The third kappa shape index (κ3) is 5.58. The number of thiophene rings is 1. The van der Waals surface area contributed by atoms with Gasteiger partial charge in [0.15, 0.2) is 0 Å². The maximum absolute atomic E-state index is 2.75. The van der Waals surface area contributed by atoms with Crippen LogP contribution in [0.15, 0.2) is 140 Å². The number of hydrogen-bond donors (Lipinski definition) is 0. The van der Waals surface area contributed by atoms with Gasteiger partial charge in [-0.3, -0.25) is 0 Å². The number of anilines is 8. The molecule has 0 bridgehead atoms. The van der Waals surface area contributed by atoms with Gasteiger partial charge in [0.25, 0.3) is 6.71 Å². The maximum atomic E-state index is 2.75. The summed E-state index contributed by atoms with van der Waals surface area (Å²) in [6, 6.07) is 54.6. The third-order valence-electron chi connectivity index (χ3n) is 15.9. The average molecular weight is 852 g/mol. The average Bonchev–Trinajstić information content (AvgIpc) is 3.74. The minimum atomic E-state index is -0.0340. The summed E-state index contributed by atoms with van der Waals surface area (Å²) in [7, 11) is 0. The van der Waals surface area contributed by atoms with Crippen molar-refractivity contribution in [2.45, 2.75) is 110 Å². The van der Waals surface area contributed by atoms with E-state index >= 15 is 0 Å². The van der Waals surface area contributed by atoms with Crippen LogP contribution in [0.1, 0.15) is 103 Å². The zero-order valence-electron chi connectivity index (χ0n) is 38.9. The molecule has 0 saturated heterocycles. The molecular weight excluding hydrogens is 794 g/mol. The van der Waals surface area contributed by atoms with Gasteiger partial charge in [-0.25, -0.2) is 0 Å². The Kier molecular flexibility index (Phi) is 8.47. The lowest BCUT2D eigenvalue weighted by Crippen LogP contribution is -2.61. The molecule has 1 fully saturated rings. The van der Waals surface area contributed by atoms with Gasteiger partial charge in [-0.1, -0.05) is 134 Å². The summed E-state index contributed by atoms with van der Waals surface area (Å²) in [5.74, 6) is 0. The van der Waals surface area contributed by atoms with Gasteiger partial charge in [0.05, 0.1) is 5.54 Å². The van der Waals surface area contributed by atoms with Gasteiger partial charge in [0.1, 0.15) is 0 Å². The largest absolute Gasteiger partial charge is 0.334 e. The standard InChI is InChI=1S/C59H58BN3S/c1-37-32-51-55-52(33-37)62(41-25-27-44-43-16-10-13-19-53(43)64-54(44)36-41)49-29-22-39(57(5,6)7)34-47(49)60(55)46-28-26-42(35-50(46)61(51)40-23-20-38(21-24-40)56(2,3)4)63-48-18-12-11-17-45(48)58(8)30-14-15-31-59(58,63)9/h10-13,16-29,32-36H,14-15,30-31H2,1-9H3. The number of benzene rings is 7. The molecule has 7 aromatic carbocycles. The van der Waals surface area contributed by atoms with E-state index in [-0.39, 0.29) is 28.5 Å². The number of aryl methyl sites for hydroxylation is 1. The molecule has 3 nitrogen and oxygen atoms in total. The highest BCUT2D eigenvalue weighted by Crippen LogP contribution is 2.61. The molecule has 4 aliphatic rings. The van der Waals surface area contributed by atoms with E-state index in [4.69, 9.17) is 0 Å². The van der Waals surface area contributed by atoms with Crippen LogP contribution in [-0.2, 0) is 16.2 Å². The summed E-state index contributed by atoms with van der Waals surface area (Å²) in [6.45, 7) is 21.4. The Hall–Kier alpha value is -5.78. The molecule has 1 saturated carbocycles. The normalized spacial score (nSPS) is 20.0. The topological polar surface area (TPSA) is 9.72 Å². The second kappa shape index (κ2) is 13.6. The monoisotopic (exact) mass is 851 g/mol. The van der Waals surface area contributed by atoms with Gasteiger partial charge in [-0.05, 0) is 143 Å². The second-order valence-corrected chi connectivity index (χ2v) is 22.9. The molecule has 1 aromatic heterocycles. The molecule has 318 valence electrons. The third-order valence-corrected chi connectivity index (χ3v) is 17.1. The number of fused-ring (bicyclic) bond motifs is 10. The van der Waals surface area contributed by atoms with Crippen LogP contribution in [0.4, 0.5) is 45.5 Å². The first kappa shape index (κ1) is 39.8. The summed E-state index contributed by atoms with van der Waals surface area (Å²) in [6.07, 6.45) is 4.92. The van der Waals surface area contributed by atoms with Crippen molar-refractivity contribution in [3.05, 3.63) is 162 Å². The highest BCUT2D eigenvalue weighted by Gasteiger charge is 2.57. The first-order valence-corrected chi connectivity index (χ1v) is 24.4. The quantitative estimate of drug-likeness (QED) is 0.164. The van der Waals surface area contributed by atoms with Crippen molar-refractivity contribution in [1.82, 2.24) is 0 Å². The number of rotatable bonds is 3. The Balaban J connectivity index is 1.13. The molecule has 64 heavy (non-hydrogen) atoms. The Labute approximate surface area is 384 Å². The molecule has 4 heterocycles. The smallest absolute Gasteiger partial charge is 0.252 e. The Morgan fingerprint density at radius 3 is 1.92 bits per heavy atom. The minimum Gasteiger partial charge on any atom is -0.334 e. The molecule has 2 atom stereocenters. The number of nitrogens with zero attached hydrogens (tertiary/aromatic N) is 3. The molecule has 0 radical (unpaired) electrons. The fraction of sp³-hybridized carbons (Fsp3) is 0.288. The molecule has 8 aromatic rings. The lowest BCUT2D eigenvalue weighted by molar-refractivity contribution is 0.195. The summed E-state index contributed by atoms with van der Waals surface area (Å²) in [5.41, 5.74) is 19.8. The van der Waals surface area contributed by atoms with E-state index in [9.17, 15) is 0 Å². The first-order chi connectivity index (χ1) is 30.6. The molecular formula is C59H58BN3S. The van der Waals surface area contributed by atoms with Crippen LogP contribution in [0.3, 0.4) is 0 Å². The zero-order valence-corrected chi connectivity index (χ0v) is 39.8. The van der Waals surface area contributed by atoms with E-state index in [0.717, 1.165) is 0 Å². The molecule has 0 amide bonds. The molecule has 5 heteroatoms. The highest BCUT2D eigenvalue weighted by molar-refractivity contribution is 7.25. The predicted molar refractivity (Wildman–Crippen MR) is 278 cm³/mol. The van der Waals surface area contributed by atoms with Crippen LogP contribution < -0.4 is 31.1 Å². The van der Waals surface area contributed by atoms with E-state index in [1.54, 1.807) is 0 Å². The van der Waals surface area contributed by atoms with Crippen molar-refractivity contribution in [3.63, 3.8) is 0 Å². The Morgan fingerprint density at radius 1 is 0.516 bits per heavy atom. The fourth-order valence-corrected chi connectivity index (χ4v) is 13.5. The molecule has 0 spiro atoms. The van der Waals surface area contributed by atoms with E-state index < -0.39 is 0 Å². The van der Waals surface area contributed by atoms with Crippen LogP contribution in [0.2, 0.25) is 0 Å². The molecule has 1 aliphatic carbocycles. The van der Waals surface area contributed by atoms with Crippen LogP contribution in [0.5, 0.6) is 0 Å². The minimum absolute atomic E-state index is 0.0142. The van der Waals surface area contributed by atoms with Gasteiger partial charge in [-0.2, -0.15) is 0 Å². The number of hydrogen-bond acceptors (Lipinski definition) is 4. The summed E-state index contributed by atoms with van der Waals surface area (Å²) >= 11 is 1.90. The summed E-state index contributed by atoms with van der Waals surface area (Å²) in [5, 5.41) is 2.66. The van der Waals surface area contributed by atoms with Crippen molar-refractivity contribution in [1.29, 1.82) is 0 Å². The van der Waals surface area contributed by atoms with Crippen molar-refractivity contribution in [3.8, 4) is 0 Å². The van der Waals surface area contributed by atoms with Gasteiger partial charge >= 0.3 is 0 Å². The van der Waals surface area contributed by atoms with E-state index in [1.165, 1.54) is 130 Å². The first-order valence-electron chi connectivity index (χ1n) is 23.6. The molecule has 2 unspecified atom stereocenters. The predicted octanol–water partition coefficient (Wildman–Crippen LogP) is 14.8. The maximum Gasteiger partial charge on any atom is 0.252 e. The van der Waals surface area contributed by atoms with Crippen molar-refractivity contribution in [2.24, 2.45) is 0 Å². The van der Waals surface area contributed by atoms with E-state index in [1.807, 2.05) is 11.3 Å². The van der Waals surface area contributed by atoms with Crippen molar-refractivity contribution in [2.75, 3.05) is 14.7 Å². The van der Waals surface area contributed by atoms with Crippen LogP contribution in [-0.4, -0.2) is 12.3 Å². The van der Waals surface area contributed by atoms with E-state index in [0.29, 0.717) is 0 Å². The second-order valence-electron chi connectivity index (χ2n) is 21.8. The molecule has 3 aliphatic heterocycles. The Morgan fingerprint density at radius 2 is 1.16 bits per heavy atom. The SMILES string of the molecule is Cc1cc2c3c(c1)N(c1ccc(C(C)(C)C)cc1)c1cc(N4c5ccccc5C5(C)CCCCC45C)ccc1B3c1cc(C(C)(C)C)ccc1N2c1ccc2c(c1)sc1ccccc12. The molecule has 0 N–H and O–H groups in total. The van der Waals surface area contributed by atoms with Gasteiger partial charge in [0.2, 0.25) is 0 Å². The summed E-state index contributed by atoms with van der Waals surface area (Å²) < 4.78 is 2.65. The van der Waals surface area contributed by atoms with Crippen LogP contribution >= 0.6 is 11.3 Å². The lowest BCUT2D eigenvalue weighted by Gasteiger charge is -2.50. The Bertz CT molecular complexity index is 3220. The van der Waals surface area contributed by atoms with Gasteiger partial charge in [-0.15, -0.1) is 11.3 Å². The zero-order chi connectivity index (χ0) is 44.1. The fourth-order valence-electron chi connectivity index (χ4n) is 12.4.